The number of carbonyl (C=O) groups is 3. The number of hydrogen-bond donors (Lipinski definition) is 2. The Bertz CT molecular complexity index is 733. The second-order valence-electron chi connectivity index (χ2n) is 8.22. The van der Waals surface area contributed by atoms with E-state index in [2.05, 4.69) is 5.32 Å². The molecule has 3 fully saturated rings. The Hall–Kier alpha value is -2.21. The van der Waals surface area contributed by atoms with Crippen LogP contribution in [0.3, 0.4) is 0 Å². The SMILES string of the molecule is NC1C2CCCC1CC(C(=O)Nc1ccccc1CN1C(=O)CCC1=O)C2. The van der Waals surface area contributed by atoms with E-state index in [1.165, 1.54) is 11.3 Å². The fourth-order valence-corrected chi connectivity index (χ4v) is 4.99. The molecule has 0 spiro atoms. The average molecular weight is 369 g/mol. The highest BCUT2D eigenvalue weighted by atomic mass is 16.2. The first-order valence-electron chi connectivity index (χ1n) is 10.0. The topological polar surface area (TPSA) is 92.5 Å². The van der Waals surface area contributed by atoms with Crippen LogP contribution in [0.5, 0.6) is 0 Å². The van der Waals surface area contributed by atoms with Gasteiger partial charge in [0.1, 0.15) is 0 Å². The first kappa shape index (κ1) is 18.2. The maximum atomic E-state index is 12.9. The van der Waals surface area contributed by atoms with Gasteiger partial charge in [0.15, 0.2) is 0 Å². The van der Waals surface area contributed by atoms with Crippen molar-refractivity contribution in [1.29, 1.82) is 0 Å². The van der Waals surface area contributed by atoms with Crippen LogP contribution < -0.4 is 11.1 Å². The van der Waals surface area contributed by atoms with Crippen LogP contribution in [0.25, 0.3) is 0 Å². The molecule has 1 saturated heterocycles. The number of amides is 3. The van der Waals surface area contributed by atoms with Gasteiger partial charge in [-0.15, -0.1) is 0 Å². The molecule has 2 saturated carbocycles. The van der Waals surface area contributed by atoms with Crippen molar-refractivity contribution in [2.24, 2.45) is 23.5 Å². The zero-order valence-electron chi connectivity index (χ0n) is 15.5. The van der Waals surface area contributed by atoms with Crippen molar-refractivity contribution in [3.05, 3.63) is 29.8 Å². The largest absolute Gasteiger partial charge is 0.327 e. The van der Waals surface area contributed by atoms with Gasteiger partial charge in [0, 0.05) is 30.5 Å². The van der Waals surface area contributed by atoms with E-state index < -0.39 is 0 Å². The van der Waals surface area contributed by atoms with Crippen LogP contribution in [-0.2, 0) is 20.9 Å². The molecule has 144 valence electrons. The first-order chi connectivity index (χ1) is 13.0. The van der Waals surface area contributed by atoms with Crippen molar-refractivity contribution >= 4 is 23.4 Å². The normalized spacial score (nSPS) is 30.5. The summed E-state index contributed by atoms with van der Waals surface area (Å²) in [5.74, 6) is 0.630. The Morgan fingerprint density at radius 1 is 1.07 bits per heavy atom. The van der Waals surface area contributed by atoms with Crippen molar-refractivity contribution in [3.8, 4) is 0 Å². The molecule has 0 radical (unpaired) electrons. The van der Waals surface area contributed by atoms with Crippen LogP contribution in [0.1, 0.15) is 50.5 Å². The van der Waals surface area contributed by atoms with Gasteiger partial charge in [0.2, 0.25) is 17.7 Å². The zero-order valence-corrected chi connectivity index (χ0v) is 15.5. The molecule has 27 heavy (non-hydrogen) atoms. The molecule has 4 rings (SSSR count). The Kier molecular flexibility index (Phi) is 5.00. The summed E-state index contributed by atoms with van der Waals surface area (Å²) in [6.45, 7) is 0.217. The molecule has 3 aliphatic rings. The van der Waals surface area contributed by atoms with Gasteiger partial charge in [-0.25, -0.2) is 0 Å². The maximum absolute atomic E-state index is 12.9. The zero-order chi connectivity index (χ0) is 19.0. The van der Waals surface area contributed by atoms with Gasteiger partial charge < -0.3 is 11.1 Å². The van der Waals surface area contributed by atoms with Crippen LogP contribution in [0.15, 0.2) is 24.3 Å². The number of likely N-dealkylation sites (tertiary alicyclic amines) is 1. The monoisotopic (exact) mass is 369 g/mol. The number of nitrogens with one attached hydrogen (secondary N) is 1. The molecule has 1 aliphatic heterocycles. The third-order valence-corrected chi connectivity index (χ3v) is 6.54. The summed E-state index contributed by atoms with van der Waals surface area (Å²) in [6.07, 6.45) is 5.73. The summed E-state index contributed by atoms with van der Waals surface area (Å²) in [5.41, 5.74) is 7.82. The van der Waals surface area contributed by atoms with E-state index in [-0.39, 0.29) is 49.1 Å². The highest BCUT2D eigenvalue weighted by Crippen LogP contribution is 2.42. The molecule has 2 bridgehead atoms. The first-order valence-corrected chi connectivity index (χ1v) is 10.0. The molecule has 2 atom stereocenters. The lowest BCUT2D eigenvalue weighted by atomic mass is 9.65. The molecule has 2 aliphatic carbocycles. The molecule has 2 unspecified atom stereocenters. The summed E-state index contributed by atoms with van der Waals surface area (Å²) >= 11 is 0. The molecular weight excluding hydrogens is 342 g/mol. The average Bonchev–Trinajstić information content (AvgIpc) is 2.95. The van der Waals surface area contributed by atoms with Gasteiger partial charge in [-0.1, -0.05) is 24.6 Å². The molecule has 1 aromatic carbocycles. The number of anilines is 1. The number of fused-ring (bicyclic) bond motifs is 2. The van der Waals surface area contributed by atoms with E-state index in [1.807, 2.05) is 24.3 Å². The van der Waals surface area contributed by atoms with Gasteiger partial charge in [0.05, 0.1) is 6.54 Å². The highest BCUT2D eigenvalue weighted by Gasteiger charge is 2.40. The van der Waals surface area contributed by atoms with E-state index >= 15 is 0 Å². The molecule has 3 amide bonds. The van der Waals surface area contributed by atoms with Crippen molar-refractivity contribution in [1.82, 2.24) is 4.90 Å². The van der Waals surface area contributed by atoms with E-state index in [9.17, 15) is 14.4 Å². The van der Waals surface area contributed by atoms with E-state index in [0.717, 1.165) is 31.2 Å². The molecular formula is C21H27N3O3. The fraction of sp³-hybridized carbons (Fsp3) is 0.571. The lowest BCUT2D eigenvalue weighted by molar-refractivity contribution is -0.139. The molecule has 6 nitrogen and oxygen atoms in total. The van der Waals surface area contributed by atoms with Crippen molar-refractivity contribution in [2.45, 2.75) is 57.5 Å². The maximum Gasteiger partial charge on any atom is 0.229 e. The predicted octanol–water partition coefficient (Wildman–Crippen LogP) is 2.43. The molecule has 6 heteroatoms. The number of para-hydroxylation sites is 1. The molecule has 3 N–H and O–H groups in total. The number of hydrogen-bond acceptors (Lipinski definition) is 4. The minimum Gasteiger partial charge on any atom is -0.327 e. The van der Waals surface area contributed by atoms with Gasteiger partial charge in [-0.3, -0.25) is 19.3 Å². The number of imide groups is 1. The Balaban J connectivity index is 1.46. The number of benzene rings is 1. The predicted molar refractivity (Wildman–Crippen MR) is 101 cm³/mol. The third-order valence-electron chi connectivity index (χ3n) is 6.54. The highest BCUT2D eigenvalue weighted by molar-refractivity contribution is 6.02. The van der Waals surface area contributed by atoms with Gasteiger partial charge in [0.25, 0.3) is 0 Å². The van der Waals surface area contributed by atoms with Gasteiger partial charge >= 0.3 is 0 Å². The molecule has 1 heterocycles. The summed E-state index contributed by atoms with van der Waals surface area (Å²) in [7, 11) is 0. The van der Waals surface area contributed by atoms with Crippen LogP contribution in [0.2, 0.25) is 0 Å². The molecule has 0 aromatic heterocycles. The summed E-state index contributed by atoms with van der Waals surface area (Å²) in [6, 6.07) is 7.66. The van der Waals surface area contributed by atoms with Crippen molar-refractivity contribution in [3.63, 3.8) is 0 Å². The second kappa shape index (κ2) is 7.43. The Morgan fingerprint density at radius 3 is 2.37 bits per heavy atom. The van der Waals surface area contributed by atoms with Crippen molar-refractivity contribution in [2.75, 3.05) is 5.32 Å². The Morgan fingerprint density at radius 2 is 1.70 bits per heavy atom. The fourth-order valence-electron chi connectivity index (χ4n) is 4.99. The third kappa shape index (κ3) is 3.63. The minimum atomic E-state index is -0.143. The van der Waals surface area contributed by atoms with Crippen LogP contribution in [-0.4, -0.2) is 28.7 Å². The van der Waals surface area contributed by atoms with Crippen LogP contribution in [0, 0.1) is 17.8 Å². The lowest BCUT2D eigenvalue weighted by Crippen LogP contribution is -2.48. The smallest absolute Gasteiger partial charge is 0.229 e. The summed E-state index contributed by atoms with van der Waals surface area (Å²) in [5, 5.41) is 3.06. The number of carbonyl (C=O) groups excluding carboxylic acids is 3. The Labute approximate surface area is 159 Å². The number of nitrogens with zero attached hydrogens (tertiary/aromatic N) is 1. The van der Waals surface area contributed by atoms with E-state index in [0.29, 0.717) is 17.5 Å². The van der Waals surface area contributed by atoms with Gasteiger partial charge in [-0.05, 0) is 49.1 Å². The number of rotatable bonds is 4. The summed E-state index contributed by atoms with van der Waals surface area (Å²) < 4.78 is 0. The minimum absolute atomic E-state index is 0.0109. The lowest BCUT2D eigenvalue weighted by Gasteiger charge is -2.43. The molecule has 1 aromatic rings. The quantitative estimate of drug-likeness (QED) is 0.797. The second-order valence-corrected chi connectivity index (χ2v) is 8.22. The summed E-state index contributed by atoms with van der Waals surface area (Å²) in [4.78, 5) is 38.0. The van der Waals surface area contributed by atoms with Crippen molar-refractivity contribution < 1.29 is 14.4 Å². The van der Waals surface area contributed by atoms with Crippen LogP contribution in [0.4, 0.5) is 5.69 Å². The van der Waals surface area contributed by atoms with E-state index in [1.54, 1.807) is 0 Å². The van der Waals surface area contributed by atoms with E-state index in [4.69, 9.17) is 5.73 Å². The van der Waals surface area contributed by atoms with Gasteiger partial charge in [-0.2, -0.15) is 0 Å². The standard InChI is InChI=1S/C21H27N3O3/c22-20-13-5-3-6-14(20)11-16(10-13)21(27)23-17-7-2-1-4-15(17)12-24-18(25)8-9-19(24)26/h1-2,4,7,13-14,16,20H,3,5-6,8-12,22H2,(H,23,27). The number of nitrogens with two attached hydrogens (primary N) is 1. The van der Waals surface area contributed by atoms with Crippen LogP contribution >= 0.6 is 0 Å².